The van der Waals surface area contributed by atoms with E-state index in [1.54, 1.807) is 12.5 Å². The molecule has 0 saturated carbocycles. The maximum absolute atomic E-state index is 12.8. The summed E-state index contributed by atoms with van der Waals surface area (Å²) in [6.45, 7) is 1.31. The zero-order valence-corrected chi connectivity index (χ0v) is 15.4. The van der Waals surface area contributed by atoms with Crippen LogP contribution in [0.3, 0.4) is 0 Å². The summed E-state index contributed by atoms with van der Waals surface area (Å²) in [6, 6.07) is 9.73. The molecule has 1 atom stereocenters. The van der Waals surface area contributed by atoms with Crippen molar-refractivity contribution in [2.24, 2.45) is 12.8 Å². The van der Waals surface area contributed by atoms with Crippen LogP contribution in [-0.2, 0) is 31.1 Å². The standard InChI is InChI=1S/C20H24N6O/c1-25-19(14-5-3-2-4-6-14)16-7-9-26(10-8-18(16)24-25)20(27)17(21)11-15-12-22-13-23-15/h2-6,12-13,17H,7-11,21H2,1H3,(H,22,23)/t17-/m0/s1. The third-order valence-electron chi connectivity index (χ3n) is 5.15. The number of nitrogens with two attached hydrogens (primary N) is 1. The Morgan fingerprint density at radius 1 is 1.26 bits per heavy atom. The second kappa shape index (κ2) is 7.36. The van der Waals surface area contributed by atoms with Crippen LogP contribution in [0.2, 0.25) is 0 Å². The van der Waals surface area contributed by atoms with Crippen LogP contribution in [-0.4, -0.2) is 49.7 Å². The molecule has 3 N–H and O–H groups in total. The maximum Gasteiger partial charge on any atom is 0.239 e. The molecule has 4 rings (SSSR count). The first-order chi connectivity index (χ1) is 13.1. The van der Waals surface area contributed by atoms with Gasteiger partial charge in [-0.1, -0.05) is 30.3 Å². The summed E-state index contributed by atoms with van der Waals surface area (Å²) in [7, 11) is 1.99. The highest BCUT2D eigenvalue weighted by Crippen LogP contribution is 2.28. The molecule has 1 amide bonds. The molecule has 0 fully saturated rings. The van der Waals surface area contributed by atoms with Gasteiger partial charge in [0.1, 0.15) is 0 Å². The molecule has 2 aromatic heterocycles. The van der Waals surface area contributed by atoms with Crippen LogP contribution in [0.25, 0.3) is 11.3 Å². The van der Waals surface area contributed by atoms with Crippen molar-refractivity contribution in [2.45, 2.75) is 25.3 Å². The van der Waals surface area contributed by atoms with E-state index in [0.29, 0.717) is 19.5 Å². The fourth-order valence-corrected chi connectivity index (χ4v) is 3.82. The molecule has 0 aliphatic carbocycles. The number of nitrogens with one attached hydrogen (secondary N) is 1. The van der Waals surface area contributed by atoms with E-state index in [4.69, 9.17) is 10.8 Å². The lowest BCUT2D eigenvalue weighted by Gasteiger charge is -2.24. The molecule has 7 heteroatoms. The van der Waals surface area contributed by atoms with Crippen molar-refractivity contribution < 1.29 is 4.79 Å². The summed E-state index contributed by atoms with van der Waals surface area (Å²) < 4.78 is 1.96. The number of benzene rings is 1. The van der Waals surface area contributed by atoms with Gasteiger partial charge in [0.2, 0.25) is 5.91 Å². The smallest absolute Gasteiger partial charge is 0.239 e. The van der Waals surface area contributed by atoms with Crippen molar-refractivity contribution in [2.75, 3.05) is 13.1 Å². The Balaban J connectivity index is 1.50. The maximum atomic E-state index is 12.8. The Morgan fingerprint density at radius 3 is 2.78 bits per heavy atom. The second-order valence-electron chi connectivity index (χ2n) is 6.98. The molecular weight excluding hydrogens is 340 g/mol. The van der Waals surface area contributed by atoms with Gasteiger partial charge in [0.15, 0.2) is 0 Å². The number of aryl methyl sites for hydroxylation is 1. The summed E-state index contributed by atoms with van der Waals surface area (Å²) in [4.78, 5) is 21.7. The number of carbonyl (C=O) groups is 1. The second-order valence-corrected chi connectivity index (χ2v) is 6.98. The third-order valence-corrected chi connectivity index (χ3v) is 5.15. The van der Waals surface area contributed by atoms with E-state index in [1.165, 1.54) is 5.56 Å². The van der Waals surface area contributed by atoms with Gasteiger partial charge < -0.3 is 15.6 Å². The fraction of sp³-hybridized carbons (Fsp3) is 0.350. The lowest BCUT2D eigenvalue weighted by atomic mass is 10.0. The number of nitrogens with zero attached hydrogens (tertiary/aromatic N) is 4. The number of hydrogen-bond donors (Lipinski definition) is 2. The molecule has 1 aliphatic heterocycles. The Hall–Kier alpha value is -2.93. The minimum absolute atomic E-state index is 0.0135. The number of amides is 1. The monoisotopic (exact) mass is 364 g/mol. The number of carbonyl (C=O) groups excluding carboxylic acids is 1. The van der Waals surface area contributed by atoms with E-state index in [2.05, 4.69) is 22.1 Å². The van der Waals surface area contributed by atoms with Gasteiger partial charge in [-0.25, -0.2) is 4.98 Å². The third kappa shape index (κ3) is 3.50. The Morgan fingerprint density at radius 2 is 2.04 bits per heavy atom. The zero-order chi connectivity index (χ0) is 18.8. The Bertz CT molecular complexity index is 916. The van der Waals surface area contributed by atoms with Crippen LogP contribution in [0.5, 0.6) is 0 Å². The van der Waals surface area contributed by atoms with Gasteiger partial charge in [0.05, 0.1) is 23.8 Å². The van der Waals surface area contributed by atoms with Crippen LogP contribution < -0.4 is 5.73 Å². The SMILES string of the molecule is Cn1nc2c(c1-c1ccccc1)CCN(C(=O)[C@@H](N)Cc1cnc[nH]1)CC2. The lowest BCUT2D eigenvalue weighted by molar-refractivity contribution is -0.132. The van der Waals surface area contributed by atoms with Crippen molar-refractivity contribution in [1.82, 2.24) is 24.6 Å². The van der Waals surface area contributed by atoms with Crippen molar-refractivity contribution in [3.8, 4) is 11.3 Å². The highest BCUT2D eigenvalue weighted by Gasteiger charge is 2.27. The number of H-pyrrole nitrogens is 1. The van der Waals surface area contributed by atoms with Crippen LogP contribution in [0, 0.1) is 0 Å². The molecule has 0 spiro atoms. The lowest BCUT2D eigenvalue weighted by Crippen LogP contribution is -2.46. The molecule has 140 valence electrons. The van der Waals surface area contributed by atoms with Crippen LogP contribution in [0.1, 0.15) is 17.0 Å². The largest absolute Gasteiger partial charge is 0.348 e. The fourth-order valence-electron chi connectivity index (χ4n) is 3.82. The average molecular weight is 364 g/mol. The predicted octanol–water partition coefficient (Wildman–Crippen LogP) is 1.31. The van der Waals surface area contributed by atoms with Gasteiger partial charge in [-0.2, -0.15) is 5.10 Å². The first-order valence-electron chi connectivity index (χ1n) is 9.25. The normalized spacial score (nSPS) is 15.3. The van der Waals surface area contributed by atoms with Crippen LogP contribution in [0.4, 0.5) is 0 Å². The van der Waals surface area contributed by atoms with Gasteiger partial charge in [-0.05, 0) is 6.42 Å². The first kappa shape index (κ1) is 17.5. The van der Waals surface area contributed by atoms with Gasteiger partial charge in [0, 0.05) is 56.0 Å². The number of fused-ring (bicyclic) bond motifs is 1. The van der Waals surface area contributed by atoms with E-state index >= 15 is 0 Å². The van der Waals surface area contributed by atoms with Crippen LogP contribution in [0.15, 0.2) is 42.9 Å². The quantitative estimate of drug-likeness (QED) is 0.730. The van der Waals surface area contributed by atoms with Gasteiger partial charge in [-0.15, -0.1) is 0 Å². The number of aromatic amines is 1. The highest BCUT2D eigenvalue weighted by molar-refractivity contribution is 5.82. The summed E-state index contributed by atoms with van der Waals surface area (Å²) in [5.41, 5.74) is 11.6. The zero-order valence-electron chi connectivity index (χ0n) is 15.4. The summed E-state index contributed by atoms with van der Waals surface area (Å²) in [5, 5.41) is 4.72. The van der Waals surface area contributed by atoms with Crippen molar-refractivity contribution in [3.63, 3.8) is 0 Å². The topological polar surface area (TPSA) is 92.8 Å². The van der Waals surface area contributed by atoms with Crippen LogP contribution >= 0.6 is 0 Å². The highest BCUT2D eigenvalue weighted by atomic mass is 16.2. The molecule has 3 aromatic rings. The molecule has 0 unspecified atom stereocenters. The molecule has 27 heavy (non-hydrogen) atoms. The number of aromatic nitrogens is 4. The van der Waals surface area contributed by atoms with E-state index in [0.717, 1.165) is 35.5 Å². The van der Waals surface area contributed by atoms with Gasteiger partial charge >= 0.3 is 0 Å². The molecule has 0 bridgehead atoms. The Labute approximate surface area is 158 Å². The Kier molecular flexibility index (Phi) is 4.77. The molecule has 0 radical (unpaired) electrons. The van der Waals surface area contributed by atoms with E-state index < -0.39 is 6.04 Å². The predicted molar refractivity (Wildman–Crippen MR) is 103 cm³/mol. The number of hydrogen-bond acceptors (Lipinski definition) is 4. The van der Waals surface area contributed by atoms with Crippen molar-refractivity contribution in [3.05, 3.63) is 59.8 Å². The van der Waals surface area contributed by atoms with Gasteiger partial charge in [-0.3, -0.25) is 9.48 Å². The van der Waals surface area contributed by atoms with Crippen molar-refractivity contribution in [1.29, 1.82) is 0 Å². The minimum Gasteiger partial charge on any atom is -0.348 e. The van der Waals surface area contributed by atoms with E-state index in [1.807, 2.05) is 34.8 Å². The molecule has 0 saturated heterocycles. The summed E-state index contributed by atoms with van der Waals surface area (Å²) >= 11 is 0. The number of imidazole rings is 1. The van der Waals surface area contributed by atoms with Crippen molar-refractivity contribution >= 4 is 5.91 Å². The molecular formula is C20H24N6O. The van der Waals surface area contributed by atoms with E-state index in [-0.39, 0.29) is 5.91 Å². The molecule has 7 nitrogen and oxygen atoms in total. The van der Waals surface area contributed by atoms with E-state index in [9.17, 15) is 4.79 Å². The number of rotatable bonds is 4. The first-order valence-corrected chi connectivity index (χ1v) is 9.25. The molecule has 3 heterocycles. The summed E-state index contributed by atoms with van der Waals surface area (Å²) in [6.07, 6.45) is 5.32. The molecule has 1 aliphatic rings. The molecule has 1 aromatic carbocycles. The average Bonchev–Trinajstić information content (AvgIpc) is 3.24. The summed E-state index contributed by atoms with van der Waals surface area (Å²) in [5.74, 6) is -0.0135. The van der Waals surface area contributed by atoms with Gasteiger partial charge in [0.25, 0.3) is 0 Å². The minimum atomic E-state index is -0.560.